The van der Waals surface area contributed by atoms with E-state index in [2.05, 4.69) is 10.1 Å². The Hall–Kier alpha value is -2.47. The summed E-state index contributed by atoms with van der Waals surface area (Å²) >= 11 is 0. The molecule has 1 aromatic carbocycles. The summed E-state index contributed by atoms with van der Waals surface area (Å²) in [4.78, 5) is 17.2. The van der Waals surface area contributed by atoms with Gasteiger partial charge in [-0.15, -0.1) is 5.10 Å². The Morgan fingerprint density at radius 3 is 2.50 bits per heavy atom. The van der Waals surface area contributed by atoms with Crippen LogP contribution in [-0.2, 0) is 30.5 Å². The highest BCUT2D eigenvalue weighted by Gasteiger charge is 2.38. The molecule has 0 fully saturated rings. The van der Waals surface area contributed by atoms with Crippen LogP contribution in [0.15, 0.2) is 12.1 Å². The Kier molecular flexibility index (Phi) is 5.44. The maximum atomic E-state index is 13.7. The van der Waals surface area contributed by atoms with E-state index >= 15 is 0 Å². The second kappa shape index (κ2) is 7.51. The summed E-state index contributed by atoms with van der Waals surface area (Å²) in [6, 6.07) is -0.179. The SMILES string of the molecule is NC(Cc1cc(F)c(F)cc1F)C(=O)CN1CCn2nc(C(F)(F)F)nc2C1. The number of carbonyl (C=O) groups excluding carboxylic acids is 1. The molecule has 6 nitrogen and oxygen atoms in total. The highest BCUT2D eigenvalue weighted by Crippen LogP contribution is 2.27. The summed E-state index contributed by atoms with van der Waals surface area (Å²) in [6.07, 6.45) is -5.01. The summed E-state index contributed by atoms with van der Waals surface area (Å²) < 4.78 is 79.0. The topological polar surface area (TPSA) is 77.0 Å². The molecule has 1 aliphatic heterocycles. The third-order valence-electron chi connectivity index (χ3n) is 4.32. The van der Waals surface area contributed by atoms with Crippen LogP contribution in [0.2, 0.25) is 0 Å². The zero-order chi connectivity index (χ0) is 20.6. The molecule has 0 amide bonds. The van der Waals surface area contributed by atoms with Crippen molar-refractivity contribution in [3.8, 4) is 0 Å². The molecule has 1 aromatic heterocycles. The molecule has 28 heavy (non-hydrogen) atoms. The molecule has 3 rings (SSSR count). The first-order valence-corrected chi connectivity index (χ1v) is 8.19. The Balaban J connectivity index is 1.62. The number of nitrogens with zero attached hydrogens (tertiary/aromatic N) is 4. The van der Waals surface area contributed by atoms with Gasteiger partial charge in [0.25, 0.3) is 5.82 Å². The van der Waals surface area contributed by atoms with Crippen LogP contribution < -0.4 is 5.73 Å². The second-order valence-electron chi connectivity index (χ2n) is 6.42. The molecule has 0 spiro atoms. The molecule has 2 N–H and O–H groups in total. The number of ketones is 1. The lowest BCUT2D eigenvalue weighted by molar-refractivity contribution is -0.145. The van der Waals surface area contributed by atoms with Gasteiger partial charge in [-0.1, -0.05) is 0 Å². The Bertz CT molecular complexity index is 896. The molecule has 0 saturated heterocycles. The van der Waals surface area contributed by atoms with Gasteiger partial charge in [0.2, 0.25) is 0 Å². The number of carbonyl (C=O) groups is 1. The maximum Gasteiger partial charge on any atom is 0.453 e. The van der Waals surface area contributed by atoms with Crippen molar-refractivity contribution < 1.29 is 31.1 Å². The lowest BCUT2D eigenvalue weighted by Crippen LogP contribution is -2.44. The molecule has 1 aliphatic rings. The summed E-state index contributed by atoms with van der Waals surface area (Å²) in [5, 5.41) is 3.39. The average Bonchev–Trinajstić information content (AvgIpc) is 3.03. The van der Waals surface area contributed by atoms with Gasteiger partial charge in [-0.2, -0.15) is 13.2 Å². The Labute approximate surface area is 154 Å². The highest BCUT2D eigenvalue weighted by molar-refractivity contribution is 5.86. The quantitative estimate of drug-likeness (QED) is 0.603. The van der Waals surface area contributed by atoms with Crippen LogP contribution in [0.4, 0.5) is 26.3 Å². The van der Waals surface area contributed by atoms with E-state index in [1.807, 2.05) is 0 Å². The predicted octanol–water partition coefficient (Wildman–Crippen LogP) is 1.67. The zero-order valence-electron chi connectivity index (χ0n) is 14.3. The second-order valence-corrected chi connectivity index (χ2v) is 6.42. The first-order chi connectivity index (χ1) is 13.0. The number of hydrogen-bond donors (Lipinski definition) is 1. The first-order valence-electron chi connectivity index (χ1n) is 8.19. The normalized spacial score (nSPS) is 16.1. The van der Waals surface area contributed by atoms with Crippen LogP contribution in [-0.4, -0.2) is 44.6 Å². The number of hydrogen-bond acceptors (Lipinski definition) is 5. The standard InChI is InChI=1S/C16H15F6N5O/c17-9-5-11(19)10(18)3-8(9)4-12(23)13(28)6-26-1-2-27-14(7-26)24-15(25-27)16(20,21)22/h3,5,12H,1-2,4,6-7,23H2. The third-order valence-corrected chi connectivity index (χ3v) is 4.32. The van der Waals surface area contributed by atoms with Gasteiger partial charge >= 0.3 is 6.18 Å². The van der Waals surface area contributed by atoms with Crippen molar-refractivity contribution in [2.45, 2.75) is 31.7 Å². The molecule has 0 bridgehead atoms. The van der Waals surface area contributed by atoms with Gasteiger partial charge in [0, 0.05) is 12.6 Å². The molecule has 1 unspecified atom stereocenters. The van der Waals surface area contributed by atoms with E-state index in [4.69, 9.17) is 5.73 Å². The van der Waals surface area contributed by atoms with Crippen LogP contribution in [0.25, 0.3) is 0 Å². The van der Waals surface area contributed by atoms with Crippen LogP contribution in [0, 0.1) is 17.5 Å². The van der Waals surface area contributed by atoms with Gasteiger partial charge in [-0.25, -0.2) is 22.8 Å². The number of nitrogens with two attached hydrogens (primary N) is 1. The van der Waals surface area contributed by atoms with Gasteiger partial charge in [-0.05, 0) is 18.1 Å². The van der Waals surface area contributed by atoms with Crippen LogP contribution in [0.5, 0.6) is 0 Å². The lowest BCUT2D eigenvalue weighted by atomic mass is 10.0. The van der Waals surface area contributed by atoms with Crippen LogP contribution in [0.3, 0.4) is 0 Å². The minimum atomic E-state index is -4.66. The number of rotatable bonds is 5. The monoisotopic (exact) mass is 407 g/mol. The number of fused-ring (bicyclic) bond motifs is 1. The van der Waals surface area contributed by atoms with Gasteiger partial charge < -0.3 is 5.73 Å². The summed E-state index contributed by atoms with van der Waals surface area (Å²) in [5.74, 6) is -5.34. The Morgan fingerprint density at radius 2 is 1.82 bits per heavy atom. The molecule has 152 valence electrons. The number of aromatic nitrogens is 3. The maximum absolute atomic E-state index is 13.7. The van der Waals surface area contributed by atoms with Crippen molar-refractivity contribution in [1.29, 1.82) is 0 Å². The van der Waals surface area contributed by atoms with Gasteiger partial charge in [0.05, 0.1) is 25.7 Å². The first kappa shape index (κ1) is 20.3. The molecule has 0 saturated carbocycles. The van der Waals surface area contributed by atoms with Crippen LogP contribution >= 0.6 is 0 Å². The molecular weight excluding hydrogens is 392 g/mol. The third kappa shape index (κ3) is 4.33. The molecule has 2 heterocycles. The van der Waals surface area contributed by atoms with E-state index in [1.165, 1.54) is 4.90 Å². The number of alkyl halides is 3. The van der Waals surface area contributed by atoms with E-state index in [0.29, 0.717) is 12.1 Å². The lowest BCUT2D eigenvalue weighted by Gasteiger charge is -2.26. The van der Waals surface area contributed by atoms with Gasteiger partial charge in [0.15, 0.2) is 17.4 Å². The van der Waals surface area contributed by atoms with Crippen molar-refractivity contribution in [3.63, 3.8) is 0 Å². The average molecular weight is 407 g/mol. The molecule has 12 heteroatoms. The van der Waals surface area contributed by atoms with Gasteiger partial charge in [-0.3, -0.25) is 9.69 Å². The molecular formula is C16H15F6N5O. The molecule has 0 aliphatic carbocycles. The number of benzene rings is 1. The number of halogens is 6. The van der Waals surface area contributed by atoms with Crippen LogP contribution in [0.1, 0.15) is 17.2 Å². The van der Waals surface area contributed by atoms with E-state index < -0.39 is 41.3 Å². The van der Waals surface area contributed by atoms with Crippen molar-refractivity contribution >= 4 is 5.78 Å². The molecule has 1 atom stereocenters. The predicted molar refractivity (Wildman–Crippen MR) is 83.3 cm³/mol. The fraction of sp³-hybridized carbons (Fsp3) is 0.438. The van der Waals surface area contributed by atoms with E-state index in [0.717, 1.165) is 4.68 Å². The van der Waals surface area contributed by atoms with Crippen molar-refractivity contribution in [1.82, 2.24) is 19.7 Å². The van der Waals surface area contributed by atoms with Gasteiger partial charge in [0.1, 0.15) is 11.6 Å². The van der Waals surface area contributed by atoms with E-state index in [1.54, 1.807) is 0 Å². The smallest absolute Gasteiger partial charge is 0.321 e. The number of Topliss-reactive ketones (excluding diaryl/α,β-unsaturated/α-hetero) is 1. The minimum Gasteiger partial charge on any atom is -0.321 e. The summed E-state index contributed by atoms with van der Waals surface area (Å²) in [6.45, 7) is 0.103. The molecule has 2 aromatic rings. The zero-order valence-corrected chi connectivity index (χ0v) is 14.3. The van der Waals surface area contributed by atoms with Crippen molar-refractivity contribution in [3.05, 3.63) is 46.8 Å². The summed E-state index contributed by atoms with van der Waals surface area (Å²) in [7, 11) is 0. The minimum absolute atomic E-state index is 0.0406. The Morgan fingerprint density at radius 1 is 1.14 bits per heavy atom. The van der Waals surface area contributed by atoms with Crippen molar-refractivity contribution in [2.75, 3.05) is 13.1 Å². The summed E-state index contributed by atoms with van der Waals surface area (Å²) in [5.41, 5.74) is 5.50. The van der Waals surface area contributed by atoms with E-state index in [-0.39, 0.29) is 44.0 Å². The molecule has 0 radical (unpaired) electrons. The van der Waals surface area contributed by atoms with Crippen molar-refractivity contribution in [2.24, 2.45) is 5.73 Å². The fourth-order valence-corrected chi connectivity index (χ4v) is 2.85. The van der Waals surface area contributed by atoms with E-state index in [9.17, 15) is 31.1 Å². The largest absolute Gasteiger partial charge is 0.453 e. The highest BCUT2D eigenvalue weighted by atomic mass is 19.4. The fourth-order valence-electron chi connectivity index (χ4n) is 2.85.